The molecule has 3 rings (SSSR count). The average molecular weight is 260 g/mol. The third kappa shape index (κ3) is 2.63. The van der Waals surface area contributed by atoms with Gasteiger partial charge in [0.25, 0.3) is 0 Å². The highest BCUT2D eigenvalue weighted by atomic mass is 16.5. The van der Waals surface area contributed by atoms with E-state index in [0.29, 0.717) is 6.10 Å². The summed E-state index contributed by atoms with van der Waals surface area (Å²) in [6.07, 6.45) is 5.12. The molecule has 3 heteroatoms. The molecule has 2 fully saturated rings. The molecule has 1 aliphatic carbocycles. The molecule has 0 bridgehead atoms. The first-order valence-electron chi connectivity index (χ1n) is 7.38. The van der Waals surface area contributed by atoms with Crippen molar-refractivity contribution in [3.8, 4) is 5.75 Å². The molecular formula is C16H24N2O. The SMILES string of the molecule is CN1CCCC(Oc2ccccc2C2(CN)CC2)C1. The van der Waals surface area contributed by atoms with E-state index in [2.05, 4.69) is 36.2 Å². The Hall–Kier alpha value is -1.06. The van der Waals surface area contributed by atoms with Crippen LogP contribution in [0.15, 0.2) is 24.3 Å². The third-order valence-electron chi connectivity index (χ3n) is 4.58. The number of para-hydroxylation sites is 1. The van der Waals surface area contributed by atoms with Gasteiger partial charge in [-0.2, -0.15) is 0 Å². The van der Waals surface area contributed by atoms with Crippen LogP contribution in [-0.2, 0) is 5.41 Å². The number of nitrogens with zero attached hydrogens (tertiary/aromatic N) is 1. The van der Waals surface area contributed by atoms with Crippen LogP contribution in [0.25, 0.3) is 0 Å². The highest BCUT2D eigenvalue weighted by Crippen LogP contribution is 2.50. The predicted molar refractivity (Wildman–Crippen MR) is 77.6 cm³/mol. The molecule has 0 spiro atoms. The van der Waals surface area contributed by atoms with E-state index < -0.39 is 0 Å². The lowest BCUT2D eigenvalue weighted by Gasteiger charge is -2.31. The van der Waals surface area contributed by atoms with Gasteiger partial charge in [0.15, 0.2) is 0 Å². The summed E-state index contributed by atoms with van der Waals surface area (Å²) in [5, 5.41) is 0. The van der Waals surface area contributed by atoms with Gasteiger partial charge >= 0.3 is 0 Å². The fourth-order valence-electron chi connectivity index (χ4n) is 3.14. The summed E-state index contributed by atoms with van der Waals surface area (Å²) in [7, 11) is 2.17. The minimum absolute atomic E-state index is 0.206. The van der Waals surface area contributed by atoms with E-state index in [1.54, 1.807) is 0 Å². The molecule has 0 aromatic heterocycles. The molecular weight excluding hydrogens is 236 g/mol. The minimum Gasteiger partial charge on any atom is -0.489 e. The van der Waals surface area contributed by atoms with Crippen molar-refractivity contribution in [1.82, 2.24) is 4.90 Å². The van der Waals surface area contributed by atoms with E-state index in [-0.39, 0.29) is 5.41 Å². The van der Waals surface area contributed by atoms with Gasteiger partial charge in [-0.25, -0.2) is 0 Å². The summed E-state index contributed by atoms with van der Waals surface area (Å²) in [4.78, 5) is 2.35. The van der Waals surface area contributed by atoms with Crippen molar-refractivity contribution in [2.75, 3.05) is 26.7 Å². The molecule has 3 nitrogen and oxygen atoms in total. The fourth-order valence-corrected chi connectivity index (χ4v) is 3.14. The summed E-state index contributed by atoms with van der Waals surface area (Å²) >= 11 is 0. The predicted octanol–water partition coefficient (Wildman–Crippen LogP) is 2.15. The maximum absolute atomic E-state index is 6.29. The Morgan fingerprint density at radius 1 is 1.37 bits per heavy atom. The molecule has 1 heterocycles. The van der Waals surface area contributed by atoms with Crippen LogP contribution in [-0.4, -0.2) is 37.7 Å². The molecule has 1 aromatic carbocycles. The fraction of sp³-hybridized carbons (Fsp3) is 0.625. The lowest BCUT2D eigenvalue weighted by Crippen LogP contribution is -2.39. The van der Waals surface area contributed by atoms with Gasteiger partial charge in [-0.05, 0) is 45.3 Å². The van der Waals surface area contributed by atoms with E-state index in [1.165, 1.54) is 31.4 Å². The Kier molecular flexibility index (Phi) is 3.50. The van der Waals surface area contributed by atoms with Gasteiger partial charge in [0.05, 0.1) is 0 Å². The second kappa shape index (κ2) is 5.14. The zero-order valence-electron chi connectivity index (χ0n) is 11.8. The lowest BCUT2D eigenvalue weighted by molar-refractivity contribution is 0.103. The molecule has 0 amide bonds. The summed E-state index contributed by atoms with van der Waals surface area (Å²) < 4.78 is 6.29. The first-order valence-corrected chi connectivity index (χ1v) is 7.38. The summed E-state index contributed by atoms with van der Waals surface area (Å²) in [6.45, 7) is 2.95. The molecule has 0 radical (unpaired) electrons. The number of nitrogens with two attached hydrogens (primary N) is 1. The van der Waals surface area contributed by atoms with E-state index in [9.17, 15) is 0 Å². The van der Waals surface area contributed by atoms with Gasteiger partial charge in [-0.15, -0.1) is 0 Å². The molecule has 1 aromatic rings. The molecule has 2 aliphatic rings. The molecule has 2 N–H and O–H groups in total. The van der Waals surface area contributed by atoms with Crippen molar-refractivity contribution in [1.29, 1.82) is 0 Å². The zero-order valence-corrected chi connectivity index (χ0v) is 11.8. The Bertz CT molecular complexity index is 442. The minimum atomic E-state index is 0.206. The Morgan fingerprint density at radius 2 is 2.16 bits per heavy atom. The average Bonchev–Trinajstić information content (AvgIpc) is 3.20. The molecule has 19 heavy (non-hydrogen) atoms. The summed E-state index contributed by atoms with van der Waals surface area (Å²) in [5.74, 6) is 1.06. The van der Waals surface area contributed by atoms with Crippen LogP contribution in [0.1, 0.15) is 31.2 Å². The zero-order chi connectivity index (χ0) is 13.3. The van der Waals surface area contributed by atoms with Crippen LogP contribution in [0, 0.1) is 0 Å². The van der Waals surface area contributed by atoms with Crippen molar-refractivity contribution in [3.05, 3.63) is 29.8 Å². The number of hydrogen-bond acceptors (Lipinski definition) is 3. The standard InChI is InChI=1S/C16H24N2O/c1-18-10-4-5-13(11-18)19-15-7-3-2-6-14(15)16(12-17)8-9-16/h2-3,6-7,13H,4-5,8-12,17H2,1H3. The van der Waals surface area contributed by atoms with Gasteiger partial charge in [0.2, 0.25) is 0 Å². The number of benzene rings is 1. The molecule has 104 valence electrons. The van der Waals surface area contributed by atoms with E-state index in [4.69, 9.17) is 10.5 Å². The third-order valence-corrected chi connectivity index (χ3v) is 4.58. The normalized spacial score (nSPS) is 26.1. The number of hydrogen-bond donors (Lipinski definition) is 1. The number of ether oxygens (including phenoxy) is 1. The van der Waals surface area contributed by atoms with E-state index in [0.717, 1.165) is 25.3 Å². The van der Waals surface area contributed by atoms with Crippen LogP contribution in [0.4, 0.5) is 0 Å². The van der Waals surface area contributed by atoms with Crippen LogP contribution < -0.4 is 10.5 Å². The second-order valence-electron chi connectivity index (χ2n) is 6.12. The number of likely N-dealkylation sites (tertiary alicyclic amines) is 1. The van der Waals surface area contributed by atoms with Crippen LogP contribution in [0.2, 0.25) is 0 Å². The van der Waals surface area contributed by atoms with E-state index in [1.807, 2.05) is 0 Å². The van der Waals surface area contributed by atoms with Crippen molar-refractivity contribution in [3.63, 3.8) is 0 Å². The van der Waals surface area contributed by atoms with Crippen molar-refractivity contribution < 1.29 is 4.74 Å². The smallest absolute Gasteiger partial charge is 0.123 e. The van der Waals surface area contributed by atoms with Crippen LogP contribution in [0.5, 0.6) is 5.75 Å². The Labute approximate surface area is 115 Å². The highest BCUT2D eigenvalue weighted by molar-refractivity contribution is 5.43. The molecule has 1 unspecified atom stereocenters. The van der Waals surface area contributed by atoms with Crippen molar-refractivity contribution in [2.24, 2.45) is 5.73 Å². The first kappa shape index (κ1) is 12.9. The maximum Gasteiger partial charge on any atom is 0.123 e. The number of likely N-dealkylation sites (N-methyl/N-ethyl adjacent to an activating group) is 1. The van der Waals surface area contributed by atoms with E-state index >= 15 is 0 Å². The summed E-state index contributed by atoms with van der Waals surface area (Å²) in [6, 6.07) is 8.48. The molecule has 1 atom stereocenters. The van der Waals surface area contributed by atoms with Crippen molar-refractivity contribution >= 4 is 0 Å². The Balaban J connectivity index is 1.77. The lowest BCUT2D eigenvalue weighted by atomic mass is 9.95. The molecule has 1 aliphatic heterocycles. The largest absolute Gasteiger partial charge is 0.489 e. The topological polar surface area (TPSA) is 38.5 Å². The van der Waals surface area contributed by atoms with Gasteiger partial charge < -0.3 is 15.4 Å². The van der Waals surface area contributed by atoms with Crippen LogP contribution >= 0.6 is 0 Å². The number of rotatable bonds is 4. The van der Waals surface area contributed by atoms with Crippen LogP contribution in [0.3, 0.4) is 0 Å². The van der Waals surface area contributed by atoms with Gasteiger partial charge in [0, 0.05) is 24.1 Å². The van der Waals surface area contributed by atoms with Crippen molar-refractivity contribution in [2.45, 2.75) is 37.2 Å². The Morgan fingerprint density at radius 3 is 2.84 bits per heavy atom. The van der Waals surface area contributed by atoms with Gasteiger partial charge in [-0.1, -0.05) is 18.2 Å². The highest BCUT2D eigenvalue weighted by Gasteiger charge is 2.44. The summed E-state index contributed by atoms with van der Waals surface area (Å²) in [5.41, 5.74) is 7.49. The second-order valence-corrected chi connectivity index (χ2v) is 6.12. The number of piperidine rings is 1. The first-order chi connectivity index (χ1) is 9.23. The molecule has 1 saturated heterocycles. The monoisotopic (exact) mass is 260 g/mol. The molecule has 1 saturated carbocycles. The quantitative estimate of drug-likeness (QED) is 0.901. The van der Waals surface area contributed by atoms with Gasteiger partial charge in [-0.3, -0.25) is 0 Å². The maximum atomic E-state index is 6.29. The van der Waals surface area contributed by atoms with Gasteiger partial charge in [0.1, 0.15) is 11.9 Å².